The summed E-state index contributed by atoms with van der Waals surface area (Å²) in [7, 11) is 0. The van der Waals surface area contributed by atoms with Gasteiger partial charge in [0.05, 0.1) is 4.92 Å². The second-order valence-corrected chi connectivity index (χ2v) is 9.81. The van der Waals surface area contributed by atoms with Crippen molar-refractivity contribution in [2.75, 3.05) is 13.1 Å². The van der Waals surface area contributed by atoms with Gasteiger partial charge >= 0.3 is 0 Å². The van der Waals surface area contributed by atoms with Crippen molar-refractivity contribution in [1.82, 2.24) is 4.90 Å². The molecule has 166 valence electrons. The number of rotatable bonds is 7. The number of nitro groups is 1. The molecule has 0 saturated heterocycles. The molecule has 2 heterocycles. The molecule has 0 amide bonds. The van der Waals surface area contributed by atoms with Crippen molar-refractivity contribution < 1.29 is 4.92 Å². The second-order valence-electron chi connectivity index (χ2n) is 8.64. The Balaban J connectivity index is 1.31. The fraction of sp³-hybridized carbons (Fsp3) is 0.214. The highest BCUT2D eigenvalue weighted by Gasteiger charge is 2.25. The summed E-state index contributed by atoms with van der Waals surface area (Å²) >= 11 is 1.79. The molecule has 4 aromatic rings. The van der Waals surface area contributed by atoms with E-state index in [0.29, 0.717) is 5.92 Å². The minimum absolute atomic E-state index is 0.130. The number of nitrogens with zero attached hydrogens (tertiary/aromatic N) is 2. The van der Waals surface area contributed by atoms with E-state index in [4.69, 9.17) is 0 Å². The molecular weight excluding hydrogens is 428 g/mol. The Morgan fingerprint density at radius 2 is 1.67 bits per heavy atom. The highest BCUT2D eigenvalue weighted by atomic mass is 32.1. The van der Waals surface area contributed by atoms with E-state index in [9.17, 15) is 10.1 Å². The maximum Gasteiger partial charge on any atom is 0.269 e. The molecule has 4 nitrogen and oxygen atoms in total. The molecule has 0 spiro atoms. The average molecular weight is 455 g/mol. The number of hydrogen-bond donors (Lipinski definition) is 0. The molecule has 1 aliphatic rings. The van der Waals surface area contributed by atoms with Gasteiger partial charge in [-0.15, -0.1) is 11.3 Å². The molecule has 1 atom stereocenters. The van der Waals surface area contributed by atoms with Crippen molar-refractivity contribution >= 4 is 17.0 Å². The summed E-state index contributed by atoms with van der Waals surface area (Å²) in [5.41, 5.74) is 5.46. The van der Waals surface area contributed by atoms with Crippen molar-refractivity contribution in [3.05, 3.63) is 123 Å². The number of nitro benzene ring substituents is 1. The van der Waals surface area contributed by atoms with Crippen LogP contribution in [-0.2, 0) is 19.4 Å². The molecular formula is C28H26N2O2S. The third-order valence-corrected chi connectivity index (χ3v) is 7.56. The molecule has 3 aromatic carbocycles. The molecule has 1 aromatic heterocycles. The Morgan fingerprint density at radius 1 is 0.909 bits per heavy atom. The molecule has 1 aliphatic heterocycles. The van der Waals surface area contributed by atoms with Crippen LogP contribution in [0.25, 0.3) is 10.4 Å². The van der Waals surface area contributed by atoms with Gasteiger partial charge in [0.25, 0.3) is 5.69 Å². The Morgan fingerprint density at radius 3 is 2.45 bits per heavy atom. The zero-order chi connectivity index (χ0) is 22.6. The smallest absolute Gasteiger partial charge is 0.269 e. The summed E-state index contributed by atoms with van der Waals surface area (Å²) in [6.07, 6.45) is 2.08. The first-order valence-corrected chi connectivity index (χ1v) is 12.1. The largest absolute Gasteiger partial charge is 0.298 e. The zero-order valence-electron chi connectivity index (χ0n) is 18.4. The van der Waals surface area contributed by atoms with E-state index < -0.39 is 0 Å². The van der Waals surface area contributed by atoms with E-state index in [1.165, 1.54) is 21.6 Å². The van der Waals surface area contributed by atoms with E-state index in [-0.39, 0.29) is 10.6 Å². The van der Waals surface area contributed by atoms with Crippen LogP contribution in [0.4, 0.5) is 5.69 Å². The maximum absolute atomic E-state index is 10.9. The lowest BCUT2D eigenvalue weighted by atomic mass is 9.87. The van der Waals surface area contributed by atoms with Crippen molar-refractivity contribution in [3.8, 4) is 10.4 Å². The molecule has 0 N–H and O–H groups in total. The molecule has 0 bridgehead atoms. The Labute approximate surface area is 198 Å². The molecule has 1 unspecified atom stereocenters. The average Bonchev–Trinajstić information content (AvgIpc) is 3.32. The number of fused-ring (bicyclic) bond motifs is 1. The van der Waals surface area contributed by atoms with Crippen LogP contribution in [0.3, 0.4) is 0 Å². The van der Waals surface area contributed by atoms with Crippen LogP contribution >= 0.6 is 11.3 Å². The summed E-state index contributed by atoms with van der Waals surface area (Å²) in [5, 5.41) is 10.9. The maximum atomic E-state index is 10.9. The second kappa shape index (κ2) is 9.69. The van der Waals surface area contributed by atoms with Crippen LogP contribution in [0, 0.1) is 10.1 Å². The van der Waals surface area contributed by atoms with Crippen LogP contribution in [0.1, 0.15) is 27.5 Å². The lowest BCUT2D eigenvalue weighted by molar-refractivity contribution is -0.384. The number of thiophene rings is 1. The third-order valence-electron chi connectivity index (χ3n) is 6.40. The van der Waals surface area contributed by atoms with Crippen LogP contribution in [0.15, 0.2) is 91.0 Å². The van der Waals surface area contributed by atoms with Gasteiger partial charge in [-0.2, -0.15) is 0 Å². The number of hydrogen-bond acceptors (Lipinski definition) is 4. The van der Waals surface area contributed by atoms with Gasteiger partial charge in [0, 0.05) is 47.4 Å². The van der Waals surface area contributed by atoms with Gasteiger partial charge in [-0.05, 0) is 59.4 Å². The standard InChI is InChI=1S/C28H26N2O2S/c31-30(32)25-12-10-22(11-13-25)28-15-14-26(33-28)18-24-20-29(17-16-21-6-2-1-3-7-21)19-23-8-4-5-9-27(23)24/h1-15,24H,16-20H2. The topological polar surface area (TPSA) is 46.4 Å². The number of non-ortho nitro benzene ring substituents is 1. The van der Waals surface area contributed by atoms with Gasteiger partial charge in [0.2, 0.25) is 0 Å². The lowest BCUT2D eigenvalue weighted by Crippen LogP contribution is -2.35. The summed E-state index contributed by atoms with van der Waals surface area (Å²) in [6, 6.07) is 30.8. The first kappa shape index (κ1) is 21.6. The van der Waals surface area contributed by atoms with E-state index >= 15 is 0 Å². The third kappa shape index (κ3) is 5.05. The van der Waals surface area contributed by atoms with Gasteiger partial charge in [-0.1, -0.05) is 54.6 Å². The monoisotopic (exact) mass is 454 g/mol. The molecule has 33 heavy (non-hydrogen) atoms. The first-order chi connectivity index (χ1) is 16.2. The Kier molecular flexibility index (Phi) is 6.33. The molecule has 0 fully saturated rings. The van der Waals surface area contributed by atoms with Crippen LogP contribution < -0.4 is 0 Å². The predicted octanol–water partition coefficient (Wildman–Crippen LogP) is 6.71. The van der Waals surface area contributed by atoms with Crippen LogP contribution in [0.2, 0.25) is 0 Å². The minimum atomic E-state index is -0.353. The lowest BCUT2D eigenvalue weighted by Gasteiger charge is -2.34. The zero-order valence-corrected chi connectivity index (χ0v) is 19.2. The van der Waals surface area contributed by atoms with Crippen molar-refractivity contribution in [1.29, 1.82) is 0 Å². The van der Waals surface area contributed by atoms with Gasteiger partial charge in [-0.3, -0.25) is 15.0 Å². The van der Waals surface area contributed by atoms with Gasteiger partial charge in [-0.25, -0.2) is 0 Å². The summed E-state index contributed by atoms with van der Waals surface area (Å²) in [5.74, 6) is 0.467. The minimum Gasteiger partial charge on any atom is -0.298 e. The van der Waals surface area contributed by atoms with Gasteiger partial charge < -0.3 is 0 Å². The fourth-order valence-corrected chi connectivity index (χ4v) is 5.79. The Hall–Kier alpha value is -3.28. The number of benzene rings is 3. The summed E-state index contributed by atoms with van der Waals surface area (Å²) in [4.78, 5) is 15.7. The first-order valence-electron chi connectivity index (χ1n) is 11.3. The molecule has 0 aliphatic carbocycles. The van der Waals surface area contributed by atoms with E-state index in [1.807, 2.05) is 12.1 Å². The highest BCUT2D eigenvalue weighted by Crippen LogP contribution is 2.35. The summed E-state index contributed by atoms with van der Waals surface area (Å²) < 4.78 is 0. The van der Waals surface area contributed by atoms with Crippen LogP contribution in [0.5, 0.6) is 0 Å². The quantitative estimate of drug-likeness (QED) is 0.230. The van der Waals surface area contributed by atoms with Crippen molar-refractivity contribution in [2.45, 2.75) is 25.3 Å². The molecule has 5 heteroatoms. The summed E-state index contributed by atoms with van der Waals surface area (Å²) in [6.45, 7) is 3.14. The SMILES string of the molecule is O=[N+]([O-])c1ccc(-c2ccc(CC3CN(CCc4ccccc4)Cc4ccccc43)s2)cc1. The predicted molar refractivity (Wildman–Crippen MR) is 135 cm³/mol. The Bertz CT molecular complexity index is 1230. The van der Waals surface area contributed by atoms with E-state index in [1.54, 1.807) is 23.5 Å². The van der Waals surface area contributed by atoms with Crippen LogP contribution in [-0.4, -0.2) is 22.9 Å². The molecule has 0 saturated carbocycles. The van der Waals surface area contributed by atoms with Gasteiger partial charge in [0.1, 0.15) is 0 Å². The van der Waals surface area contributed by atoms with E-state index in [2.05, 4.69) is 71.6 Å². The van der Waals surface area contributed by atoms with Crippen molar-refractivity contribution in [3.63, 3.8) is 0 Å². The van der Waals surface area contributed by atoms with Crippen molar-refractivity contribution in [2.24, 2.45) is 0 Å². The van der Waals surface area contributed by atoms with E-state index in [0.717, 1.165) is 42.9 Å². The highest BCUT2D eigenvalue weighted by molar-refractivity contribution is 7.15. The van der Waals surface area contributed by atoms with Gasteiger partial charge in [0.15, 0.2) is 0 Å². The normalized spacial score (nSPS) is 15.8. The molecule has 5 rings (SSSR count). The molecule has 0 radical (unpaired) electrons. The fourth-order valence-electron chi connectivity index (χ4n) is 4.70.